The Balaban J connectivity index is 2.17. The topological polar surface area (TPSA) is 90.7 Å². The highest BCUT2D eigenvalue weighted by Crippen LogP contribution is 2.38. The van der Waals surface area contributed by atoms with E-state index in [4.69, 9.17) is 16.4 Å². The van der Waals surface area contributed by atoms with Crippen LogP contribution in [0, 0.1) is 22.6 Å². The zero-order chi connectivity index (χ0) is 18.0. The average molecular weight is 349 g/mol. The second-order valence-corrected chi connectivity index (χ2v) is 6.37. The lowest BCUT2D eigenvalue weighted by Crippen LogP contribution is -2.02. The molecule has 0 saturated heterocycles. The molecule has 1 aromatic heterocycles. The zero-order valence-corrected chi connectivity index (χ0v) is 13.7. The SMILES string of the molecule is N#Cc1ccc(-c2cc(C=O)sc2C2=C/C(=C/N)C(=N)C=C2)cc1F. The van der Waals surface area contributed by atoms with E-state index in [9.17, 15) is 9.18 Å². The number of hydrogen-bond donors (Lipinski definition) is 2. The molecule has 1 aromatic carbocycles. The molecule has 0 unspecified atom stereocenters. The average Bonchev–Trinajstić information content (AvgIpc) is 3.06. The van der Waals surface area contributed by atoms with Gasteiger partial charge in [-0.3, -0.25) is 4.79 Å². The normalized spacial score (nSPS) is 15.1. The van der Waals surface area contributed by atoms with Crippen LogP contribution in [0.3, 0.4) is 0 Å². The van der Waals surface area contributed by atoms with Crippen LogP contribution in [0.15, 0.2) is 54.3 Å². The van der Waals surface area contributed by atoms with E-state index in [0.29, 0.717) is 27.3 Å². The van der Waals surface area contributed by atoms with E-state index >= 15 is 0 Å². The predicted octanol–water partition coefficient (Wildman–Crippen LogP) is 4.05. The Morgan fingerprint density at radius 2 is 2.08 bits per heavy atom. The van der Waals surface area contributed by atoms with Gasteiger partial charge in [0, 0.05) is 22.2 Å². The summed E-state index contributed by atoms with van der Waals surface area (Å²) in [5.74, 6) is -0.609. The van der Waals surface area contributed by atoms with E-state index in [0.717, 1.165) is 16.7 Å². The van der Waals surface area contributed by atoms with Crippen molar-refractivity contribution < 1.29 is 9.18 Å². The van der Waals surface area contributed by atoms with E-state index < -0.39 is 5.82 Å². The lowest BCUT2D eigenvalue weighted by molar-refractivity contribution is 0.112. The Hall–Kier alpha value is -3.30. The zero-order valence-electron chi connectivity index (χ0n) is 12.9. The molecule has 0 atom stereocenters. The Morgan fingerprint density at radius 1 is 1.28 bits per heavy atom. The monoisotopic (exact) mass is 349 g/mol. The maximum atomic E-state index is 14.0. The molecule has 0 radical (unpaired) electrons. The van der Waals surface area contributed by atoms with Crippen LogP contribution in [0.1, 0.15) is 20.1 Å². The van der Waals surface area contributed by atoms with Crippen LogP contribution < -0.4 is 5.73 Å². The summed E-state index contributed by atoms with van der Waals surface area (Å²) in [4.78, 5) is 12.5. The standard InChI is InChI=1S/C19H12FN3OS/c20-17-6-11(1-2-13(17)8-21)16-7-15(10-24)25-19(16)12-3-4-18(23)14(5-12)9-22/h1-7,9-10,23H,22H2/b14-9-,23-18?. The Labute approximate surface area is 147 Å². The lowest BCUT2D eigenvalue weighted by atomic mass is 9.95. The summed E-state index contributed by atoms with van der Waals surface area (Å²) in [6, 6.07) is 7.83. The number of aldehydes is 1. The second kappa shape index (κ2) is 6.67. The minimum absolute atomic E-state index is 0.0327. The molecule has 122 valence electrons. The van der Waals surface area contributed by atoms with Gasteiger partial charge in [0.2, 0.25) is 0 Å². The first-order valence-electron chi connectivity index (χ1n) is 7.27. The van der Waals surface area contributed by atoms with Crippen LogP contribution in [-0.2, 0) is 0 Å². The van der Waals surface area contributed by atoms with Crippen LogP contribution in [0.5, 0.6) is 0 Å². The number of thiophene rings is 1. The molecule has 3 N–H and O–H groups in total. The van der Waals surface area contributed by atoms with Crippen molar-refractivity contribution in [3.05, 3.63) is 75.4 Å². The third-order valence-corrected chi connectivity index (χ3v) is 4.87. The molecule has 25 heavy (non-hydrogen) atoms. The van der Waals surface area contributed by atoms with Gasteiger partial charge in [-0.2, -0.15) is 5.26 Å². The maximum Gasteiger partial charge on any atom is 0.160 e. The van der Waals surface area contributed by atoms with Crippen LogP contribution in [0.4, 0.5) is 4.39 Å². The molecule has 1 aliphatic rings. The summed E-state index contributed by atoms with van der Waals surface area (Å²) < 4.78 is 14.0. The van der Waals surface area contributed by atoms with E-state index in [1.165, 1.54) is 29.7 Å². The number of carbonyl (C=O) groups excluding carboxylic acids is 1. The number of nitrogens with one attached hydrogen (secondary N) is 1. The smallest absolute Gasteiger partial charge is 0.160 e. The van der Waals surface area contributed by atoms with Crippen LogP contribution in [-0.4, -0.2) is 12.0 Å². The maximum absolute atomic E-state index is 14.0. The number of benzene rings is 1. The molecule has 0 fully saturated rings. The van der Waals surface area contributed by atoms with Gasteiger partial charge in [-0.05, 0) is 41.5 Å². The van der Waals surface area contributed by atoms with E-state index in [-0.39, 0.29) is 5.56 Å². The van der Waals surface area contributed by atoms with Gasteiger partial charge < -0.3 is 11.1 Å². The van der Waals surface area contributed by atoms with Gasteiger partial charge in [0.15, 0.2) is 6.29 Å². The highest BCUT2D eigenvalue weighted by Gasteiger charge is 2.17. The third kappa shape index (κ3) is 3.05. The van der Waals surface area contributed by atoms with E-state index in [1.807, 2.05) is 0 Å². The first-order chi connectivity index (χ1) is 12.1. The van der Waals surface area contributed by atoms with Gasteiger partial charge in [0.1, 0.15) is 11.9 Å². The number of nitrogens with two attached hydrogens (primary N) is 1. The molecule has 2 aromatic rings. The first-order valence-corrected chi connectivity index (χ1v) is 8.09. The van der Waals surface area contributed by atoms with Crippen molar-refractivity contribution in [2.75, 3.05) is 0 Å². The summed E-state index contributed by atoms with van der Waals surface area (Å²) >= 11 is 1.28. The highest BCUT2D eigenvalue weighted by molar-refractivity contribution is 7.15. The number of hydrogen-bond acceptors (Lipinski definition) is 5. The summed E-state index contributed by atoms with van der Waals surface area (Å²) in [5, 5.41) is 16.7. The summed E-state index contributed by atoms with van der Waals surface area (Å²) in [7, 11) is 0. The number of halogens is 1. The van der Waals surface area contributed by atoms with Crippen LogP contribution in [0.2, 0.25) is 0 Å². The number of allylic oxidation sites excluding steroid dienone is 5. The minimum Gasteiger partial charge on any atom is -0.404 e. The molecule has 0 bridgehead atoms. The van der Waals surface area contributed by atoms with Crippen LogP contribution >= 0.6 is 11.3 Å². The Morgan fingerprint density at radius 3 is 2.72 bits per heavy atom. The van der Waals surface area contributed by atoms with Gasteiger partial charge in [-0.25, -0.2) is 4.39 Å². The number of carbonyl (C=O) groups is 1. The molecule has 0 saturated carbocycles. The Bertz CT molecular complexity index is 1020. The quantitative estimate of drug-likeness (QED) is 0.819. The second-order valence-electron chi connectivity index (χ2n) is 5.28. The molecule has 0 amide bonds. The molecule has 0 spiro atoms. The summed E-state index contributed by atoms with van der Waals surface area (Å²) in [5.41, 5.74) is 8.43. The first kappa shape index (κ1) is 16.6. The van der Waals surface area contributed by atoms with Crippen molar-refractivity contribution in [3.8, 4) is 17.2 Å². The van der Waals surface area contributed by atoms with Crippen molar-refractivity contribution in [3.63, 3.8) is 0 Å². The number of rotatable bonds is 3. The molecular formula is C19H12FN3OS. The van der Waals surface area contributed by atoms with Crippen molar-refractivity contribution in [1.29, 1.82) is 10.7 Å². The Kier molecular flexibility index (Phi) is 4.42. The number of nitriles is 1. The predicted molar refractivity (Wildman–Crippen MR) is 96.9 cm³/mol. The highest BCUT2D eigenvalue weighted by atomic mass is 32.1. The van der Waals surface area contributed by atoms with Crippen LogP contribution in [0.25, 0.3) is 16.7 Å². The van der Waals surface area contributed by atoms with Crippen molar-refractivity contribution in [2.45, 2.75) is 0 Å². The number of nitrogens with zero attached hydrogens (tertiary/aromatic N) is 1. The van der Waals surface area contributed by atoms with E-state index in [1.54, 1.807) is 36.4 Å². The summed E-state index contributed by atoms with van der Waals surface area (Å²) in [6.45, 7) is 0. The van der Waals surface area contributed by atoms with Gasteiger partial charge in [-0.1, -0.05) is 12.1 Å². The fourth-order valence-corrected chi connectivity index (χ4v) is 3.50. The third-order valence-electron chi connectivity index (χ3n) is 3.76. The fraction of sp³-hybridized carbons (Fsp3) is 0. The fourth-order valence-electron chi connectivity index (χ4n) is 2.51. The van der Waals surface area contributed by atoms with Crippen molar-refractivity contribution >= 4 is 28.9 Å². The molecule has 1 heterocycles. The van der Waals surface area contributed by atoms with E-state index in [2.05, 4.69) is 0 Å². The molecule has 6 heteroatoms. The molecule has 0 aliphatic heterocycles. The lowest BCUT2D eigenvalue weighted by Gasteiger charge is -2.11. The molecule has 4 nitrogen and oxygen atoms in total. The largest absolute Gasteiger partial charge is 0.404 e. The van der Waals surface area contributed by atoms with Crippen molar-refractivity contribution in [2.24, 2.45) is 5.73 Å². The summed E-state index contributed by atoms with van der Waals surface area (Å²) in [6.07, 6.45) is 7.23. The van der Waals surface area contributed by atoms with Crippen molar-refractivity contribution in [1.82, 2.24) is 0 Å². The minimum atomic E-state index is -0.609. The van der Waals surface area contributed by atoms with Gasteiger partial charge in [0.25, 0.3) is 0 Å². The van der Waals surface area contributed by atoms with Gasteiger partial charge in [-0.15, -0.1) is 11.3 Å². The molecule has 3 rings (SSSR count). The molecular weight excluding hydrogens is 337 g/mol. The van der Waals surface area contributed by atoms with Gasteiger partial charge >= 0.3 is 0 Å². The van der Waals surface area contributed by atoms with Gasteiger partial charge in [0.05, 0.1) is 16.2 Å². The molecule has 1 aliphatic carbocycles.